The number of hydrogen-bond donors (Lipinski definition) is 0. The van der Waals surface area contributed by atoms with E-state index in [4.69, 9.17) is 0 Å². The molecule has 0 unspecified atom stereocenters. The van der Waals surface area contributed by atoms with Gasteiger partial charge in [0.25, 0.3) is 0 Å². The van der Waals surface area contributed by atoms with Crippen molar-refractivity contribution in [2.24, 2.45) is 0 Å². The summed E-state index contributed by atoms with van der Waals surface area (Å²) in [4.78, 5) is 24.1. The van der Waals surface area contributed by atoms with E-state index in [1.54, 1.807) is 0 Å². The molecule has 3 heteroatoms. The third-order valence-corrected chi connectivity index (χ3v) is 3.73. The van der Waals surface area contributed by atoms with Crippen molar-refractivity contribution in [3.63, 3.8) is 0 Å². The van der Waals surface area contributed by atoms with Crippen LogP contribution in [0.3, 0.4) is 0 Å². The maximum absolute atomic E-state index is 11.6. The molecule has 0 aliphatic heterocycles. The molecule has 2 nitrogen and oxygen atoms in total. The summed E-state index contributed by atoms with van der Waals surface area (Å²) >= 11 is 1.38. The summed E-state index contributed by atoms with van der Waals surface area (Å²) in [5.41, 5.74) is 0. The molecule has 1 saturated carbocycles. The molecule has 0 amide bonds. The lowest BCUT2D eigenvalue weighted by Gasteiger charge is -2.18. The number of carbonyl (C=O) groups excluding carboxylic acids is 2. The van der Waals surface area contributed by atoms with Gasteiger partial charge in [0.1, 0.15) is 5.25 Å². The van der Waals surface area contributed by atoms with E-state index >= 15 is 0 Å². The topological polar surface area (TPSA) is 34.1 Å². The molecule has 2 rings (SSSR count). The van der Waals surface area contributed by atoms with Crippen LogP contribution in [-0.4, -0.2) is 16.8 Å². The molecular formula is C12H12O2S. The number of rotatable bonds is 2. The fourth-order valence-corrected chi connectivity index (χ4v) is 2.73. The predicted molar refractivity (Wildman–Crippen MR) is 60.0 cm³/mol. The van der Waals surface area contributed by atoms with Crippen LogP contribution < -0.4 is 0 Å². The number of ketones is 2. The van der Waals surface area contributed by atoms with E-state index in [1.807, 2.05) is 30.3 Å². The molecule has 1 aliphatic rings. The lowest BCUT2D eigenvalue weighted by molar-refractivity contribution is -0.128. The highest BCUT2D eigenvalue weighted by Gasteiger charge is 2.30. The molecule has 0 radical (unpaired) electrons. The fraction of sp³-hybridized carbons (Fsp3) is 0.333. The Morgan fingerprint density at radius 3 is 2.20 bits per heavy atom. The molecule has 1 aromatic rings. The van der Waals surface area contributed by atoms with Gasteiger partial charge in [-0.3, -0.25) is 9.59 Å². The van der Waals surface area contributed by atoms with Crippen LogP contribution in [0.4, 0.5) is 0 Å². The van der Waals surface area contributed by atoms with Gasteiger partial charge in [-0.15, -0.1) is 11.8 Å². The Kier molecular flexibility index (Phi) is 3.21. The van der Waals surface area contributed by atoms with Gasteiger partial charge in [0.2, 0.25) is 0 Å². The van der Waals surface area contributed by atoms with Gasteiger partial charge < -0.3 is 0 Å². The Morgan fingerprint density at radius 2 is 1.60 bits per heavy atom. The first kappa shape index (κ1) is 10.4. The molecule has 1 aliphatic carbocycles. The number of hydrogen-bond acceptors (Lipinski definition) is 3. The SMILES string of the molecule is O=C1CCCC(=O)C1Sc1ccccc1. The molecule has 0 aromatic heterocycles. The second-order valence-electron chi connectivity index (χ2n) is 3.60. The number of benzene rings is 1. The number of carbonyl (C=O) groups is 2. The summed E-state index contributed by atoms with van der Waals surface area (Å²) in [5, 5.41) is -0.457. The minimum atomic E-state index is -0.457. The van der Waals surface area contributed by atoms with E-state index in [1.165, 1.54) is 11.8 Å². The zero-order valence-electron chi connectivity index (χ0n) is 8.31. The lowest BCUT2D eigenvalue weighted by atomic mass is 9.98. The molecule has 0 heterocycles. The highest BCUT2D eigenvalue weighted by atomic mass is 32.2. The van der Waals surface area contributed by atoms with Gasteiger partial charge in [-0.25, -0.2) is 0 Å². The second kappa shape index (κ2) is 4.62. The normalized spacial score (nSPS) is 18.1. The minimum absolute atomic E-state index is 0.0834. The molecule has 0 saturated heterocycles. The molecule has 1 fully saturated rings. The van der Waals surface area contributed by atoms with Crippen LogP contribution >= 0.6 is 11.8 Å². The zero-order chi connectivity index (χ0) is 10.7. The van der Waals surface area contributed by atoms with Crippen molar-refractivity contribution in [1.29, 1.82) is 0 Å². The predicted octanol–water partition coefficient (Wildman–Crippen LogP) is 2.47. The van der Waals surface area contributed by atoms with E-state index in [0.29, 0.717) is 12.8 Å². The number of thioether (sulfide) groups is 1. The summed E-state index contributed by atoms with van der Waals surface area (Å²) in [5.74, 6) is 0.167. The van der Waals surface area contributed by atoms with Crippen LogP contribution in [0.2, 0.25) is 0 Å². The van der Waals surface area contributed by atoms with Crippen molar-refractivity contribution in [1.82, 2.24) is 0 Å². The van der Waals surface area contributed by atoms with E-state index < -0.39 is 5.25 Å². The van der Waals surface area contributed by atoms with E-state index in [9.17, 15) is 9.59 Å². The van der Waals surface area contributed by atoms with Gasteiger partial charge >= 0.3 is 0 Å². The Balaban J connectivity index is 2.10. The molecule has 0 atom stereocenters. The van der Waals surface area contributed by atoms with Crippen molar-refractivity contribution in [2.75, 3.05) is 0 Å². The molecule has 78 valence electrons. The van der Waals surface area contributed by atoms with Crippen LogP contribution in [0.5, 0.6) is 0 Å². The third kappa shape index (κ3) is 2.48. The van der Waals surface area contributed by atoms with Gasteiger partial charge in [-0.2, -0.15) is 0 Å². The first-order valence-corrected chi connectivity index (χ1v) is 5.92. The number of Topliss-reactive ketones (excluding diaryl/α,β-unsaturated/α-hetero) is 2. The van der Waals surface area contributed by atoms with Crippen molar-refractivity contribution in [3.8, 4) is 0 Å². The van der Waals surface area contributed by atoms with Crippen molar-refractivity contribution in [2.45, 2.75) is 29.4 Å². The highest BCUT2D eigenvalue weighted by Crippen LogP contribution is 2.29. The average molecular weight is 220 g/mol. The first-order chi connectivity index (χ1) is 7.27. The fourth-order valence-electron chi connectivity index (χ4n) is 1.65. The smallest absolute Gasteiger partial charge is 0.153 e. The van der Waals surface area contributed by atoms with Crippen LogP contribution in [0, 0.1) is 0 Å². The summed E-state index contributed by atoms with van der Waals surface area (Å²) in [6, 6.07) is 9.62. The molecule has 1 aromatic carbocycles. The van der Waals surface area contributed by atoms with Crippen LogP contribution in [0.15, 0.2) is 35.2 Å². The van der Waals surface area contributed by atoms with Crippen molar-refractivity contribution in [3.05, 3.63) is 30.3 Å². The van der Waals surface area contributed by atoms with Crippen LogP contribution in [0.1, 0.15) is 19.3 Å². The summed E-state index contributed by atoms with van der Waals surface area (Å²) in [7, 11) is 0. The highest BCUT2D eigenvalue weighted by molar-refractivity contribution is 8.01. The third-order valence-electron chi connectivity index (χ3n) is 2.43. The largest absolute Gasteiger partial charge is 0.298 e. The minimum Gasteiger partial charge on any atom is -0.298 e. The van der Waals surface area contributed by atoms with Gasteiger partial charge in [-0.1, -0.05) is 18.2 Å². The molecule has 0 N–H and O–H groups in total. The molecule has 0 bridgehead atoms. The van der Waals surface area contributed by atoms with Gasteiger partial charge in [0, 0.05) is 17.7 Å². The van der Waals surface area contributed by atoms with Crippen molar-refractivity contribution >= 4 is 23.3 Å². The summed E-state index contributed by atoms with van der Waals surface area (Å²) < 4.78 is 0. The first-order valence-electron chi connectivity index (χ1n) is 5.04. The summed E-state index contributed by atoms with van der Waals surface area (Å²) in [6.07, 6.45) is 1.83. The van der Waals surface area contributed by atoms with E-state index in [2.05, 4.69) is 0 Å². The molecular weight excluding hydrogens is 208 g/mol. The quantitative estimate of drug-likeness (QED) is 0.718. The van der Waals surface area contributed by atoms with E-state index in [0.717, 1.165) is 11.3 Å². The van der Waals surface area contributed by atoms with Crippen molar-refractivity contribution < 1.29 is 9.59 Å². The Morgan fingerprint density at radius 1 is 1.00 bits per heavy atom. The average Bonchev–Trinajstić information content (AvgIpc) is 2.25. The maximum atomic E-state index is 11.6. The maximum Gasteiger partial charge on any atom is 0.153 e. The Labute approximate surface area is 93.1 Å². The van der Waals surface area contributed by atoms with Gasteiger partial charge in [0.15, 0.2) is 11.6 Å². The van der Waals surface area contributed by atoms with Gasteiger partial charge in [-0.05, 0) is 18.6 Å². The molecule has 0 spiro atoms. The van der Waals surface area contributed by atoms with E-state index in [-0.39, 0.29) is 11.6 Å². The second-order valence-corrected chi connectivity index (χ2v) is 4.78. The molecule has 15 heavy (non-hydrogen) atoms. The van der Waals surface area contributed by atoms with Crippen LogP contribution in [0.25, 0.3) is 0 Å². The standard InChI is InChI=1S/C12H12O2S/c13-10-7-4-8-11(14)12(10)15-9-5-2-1-3-6-9/h1-3,5-6,12H,4,7-8H2. The summed E-state index contributed by atoms with van der Waals surface area (Å²) in [6.45, 7) is 0. The van der Waals surface area contributed by atoms with Crippen LogP contribution in [-0.2, 0) is 9.59 Å². The Bertz CT molecular complexity index is 356. The lowest BCUT2D eigenvalue weighted by Crippen LogP contribution is -2.31. The monoisotopic (exact) mass is 220 g/mol. The Hall–Kier alpha value is -1.09. The van der Waals surface area contributed by atoms with Gasteiger partial charge in [0.05, 0.1) is 0 Å². The zero-order valence-corrected chi connectivity index (χ0v) is 9.13.